The lowest BCUT2D eigenvalue weighted by molar-refractivity contribution is -0.922. The molecular weight excluding hydrogens is 380 g/mol. The van der Waals surface area contributed by atoms with Crippen molar-refractivity contribution in [3.05, 3.63) is 55.7 Å². The van der Waals surface area contributed by atoms with Crippen molar-refractivity contribution in [2.75, 3.05) is 20.1 Å². The molecule has 3 rings (SSSR count). The number of quaternary nitrogens is 1. The van der Waals surface area contributed by atoms with Gasteiger partial charge in [-0.2, -0.15) is 0 Å². The smallest absolute Gasteiger partial charge is 0.250 e. The van der Waals surface area contributed by atoms with E-state index in [-0.39, 0.29) is 5.78 Å². The summed E-state index contributed by atoms with van der Waals surface area (Å²) in [4.78, 5) is 26.7. The third kappa shape index (κ3) is 4.60. The zero-order chi connectivity index (χ0) is 19.6. The van der Waals surface area contributed by atoms with Crippen molar-refractivity contribution >= 4 is 34.6 Å². The van der Waals surface area contributed by atoms with Crippen molar-refractivity contribution in [1.82, 2.24) is 0 Å². The minimum atomic E-state index is -0.402. The Labute approximate surface area is 169 Å². The predicted octanol–water partition coefficient (Wildman–Crippen LogP) is 3.77. The van der Waals surface area contributed by atoms with Crippen molar-refractivity contribution in [2.24, 2.45) is 5.73 Å². The number of hydrogen-bond donors (Lipinski definition) is 1. The van der Waals surface area contributed by atoms with Crippen molar-refractivity contribution in [2.45, 2.75) is 39.2 Å². The molecule has 2 heterocycles. The third-order valence-corrected chi connectivity index (χ3v) is 7.03. The number of benzene rings is 1. The van der Waals surface area contributed by atoms with Gasteiger partial charge in [0.05, 0.1) is 30.6 Å². The fourth-order valence-electron chi connectivity index (χ4n) is 3.65. The molecule has 1 unspecified atom stereocenters. The first-order valence-corrected chi connectivity index (χ1v) is 10.5. The summed E-state index contributed by atoms with van der Waals surface area (Å²) in [6, 6.07) is 7.56. The van der Waals surface area contributed by atoms with E-state index in [1.54, 1.807) is 11.3 Å². The molecule has 2 N–H and O–H groups in total. The first-order chi connectivity index (χ1) is 12.8. The number of nitrogens with two attached hydrogens (primary N) is 1. The van der Waals surface area contributed by atoms with Crippen LogP contribution in [0, 0.1) is 0 Å². The molecule has 1 amide bonds. The number of Topliss-reactive ketones (excluding diaryl/α,β-unsaturated/α-hetero) is 1. The number of halogens is 1. The Morgan fingerprint density at radius 2 is 1.96 bits per heavy atom. The molecule has 0 saturated carbocycles. The van der Waals surface area contributed by atoms with E-state index in [4.69, 9.17) is 17.3 Å². The van der Waals surface area contributed by atoms with Gasteiger partial charge in [-0.1, -0.05) is 23.7 Å². The lowest BCUT2D eigenvalue weighted by Gasteiger charge is -2.36. The molecule has 2 aromatic rings. The van der Waals surface area contributed by atoms with E-state index in [1.165, 1.54) is 4.88 Å². The summed E-state index contributed by atoms with van der Waals surface area (Å²) in [5, 5.41) is 0.692. The van der Waals surface area contributed by atoms with Crippen LogP contribution in [0.2, 0.25) is 5.02 Å². The van der Waals surface area contributed by atoms with E-state index in [0.717, 1.165) is 46.5 Å². The van der Waals surface area contributed by atoms with Crippen molar-refractivity contribution < 1.29 is 14.1 Å². The molecule has 6 heteroatoms. The van der Waals surface area contributed by atoms with Crippen LogP contribution in [0.25, 0.3) is 0 Å². The van der Waals surface area contributed by atoms with E-state index in [9.17, 15) is 9.59 Å². The Morgan fingerprint density at radius 1 is 1.26 bits per heavy atom. The van der Waals surface area contributed by atoms with Crippen molar-refractivity contribution in [1.29, 1.82) is 0 Å². The molecule has 1 aliphatic heterocycles. The molecule has 0 bridgehead atoms. The van der Waals surface area contributed by atoms with Gasteiger partial charge < -0.3 is 10.2 Å². The summed E-state index contributed by atoms with van der Waals surface area (Å²) in [7, 11) is 2.24. The highest BCUT2D eigenvalue weighted by Crippen LogP contribution is 2.35. The van der Waals surface area contributed by atoms with Gasteiger partial charge >= 0.3 is 0 Å². The van der Waals surface area contributed by atoms with Crippen molar-refractivity contribution in [3.63, 3.8) is 0 Å². The van der Waals surface area contributed by atoms with E-state index in [0.29, 0.717) is 29.8 Å². The number of rotatable bonds is 7. The molecule has 1 aromatic heterocycles. The van der Waals surface area contributed by atoms with Gasteiger partial charge in [0.25, 0.3) is 0 Å². The molecule has 0 fully saturated rings. The molecule has 0 saturated heterocycles. The fraction of sp³-hybridized carbons (Fsp3) is 0.429. The molecule has 4 nitrogen and oxygen atoms in total. The van der Waals surface area contributed by atoms with Crippen LogP contribution in [-0.2, 0) is 30.6 Å². The number of hydrogen-bond acceptors (Lipinski definition) is 3. The maximum Gasteiger partial charge on any atom is 0.250 e. The monoisotopic (exact) mass is 405 g/mol. The first-order valence-electron chi connectivity index (χ1n) is 9.34. The van der Waals surface area contributed by atoms with Crippen LogP contribution in [0.15, 0.2) is 24.3 Å². The average molecular weight is 406 g/mol. The highest BCUT2D eigenvalue weighted by molar-refractivity contribution is 7.12. The van der Waals surface area contributed by atoms with Crippen molar-refractivity contribution in [3.8, 4) is 0 Å². The molecular formula is C21H26ClN2O2S+. The van der Waals surface area contributed by atoms with Gasteiger partial charge in [-0.3, -0.25) is 9.59 Å². The zero-order valence-corrected chi connectivity index (χ0v) is 17.5. The fourth-order valence-corrected chi connectivity index (χ4v) is 5.34. The first kappa shape index (κ1) is 20.1. The summed E-state index contributed by atoms with van der Waals surface area (Å²) in [6.07, 6.45) is 2.27. The second kappa shape index (κ2) is 8.13. The Morgan fingerprint density at radius 3 is 2.59 bits per heavy atom. The molecule has 1 atom stereocenters. The normalized spacial score (nSPS) is 18.9. The quantitative estimate of drug-likeness (QED) is 0.713. The van der Waals surface area contributed by atoms with Crippen LogP contribution >= 0.6 is 22.9 Å². The third-order valence-electron chi connectivity index (χ3n) is 5.56. The minimum Gasteiger partial charge on any atom is -0.366 e. The van der Waals surface area contributed by atoms with Crippen LogP contribution in [-0.4, -0.2) is 36.3 Å². The number of thiophene rings is 1. The van der Waals surface area contributed by atoms with E-state index < -0.39 is 5.91 Å². The number of aryl methyl sites for hydroxylation is 1. The maximum atomic E-state index is 12.5. The van der Waals surface area contributed by atoms with E-state index >= 15 is 0 Å². The second-order valence-electron chi connectivity index (χ2n) is 7.58. The number of ketones is 1. The van der Waals surface area contributed by atoms with Crippen LogP contribution in [0.1, 0.15) is 44.6 Å². The molecule has 0 spiro atoms. The van der Waals surface area contributed by atoms with Gasteiger partial charge in [-0.25, -0.2) is 0 Å². The summed E-state index contributed by atoms with van der Waals surface area (Å²) in [6.45, 7) is 5.16. The van der Waals surface area contributed by atoms with Gasteiger partial charge in [0, 0.05) is 29.2 Å². The Balaban J connectivity index is 1.73. The molecule has 0 radical (unpaired) electrons. The number of carbonyl (C=O) groups excluding carboxylic acids is 2. The lowest BCUT2D eigenvalue weighted by Crippen LogP contribution is -2.47. The lowest BCUT2D eigenvalue weighted by atomic mass is 9.97. The van der Waals surface area contributed by atoms with Crippen LogP contribution in [0.4, 0.5) is 0 Å². The van der Waals surface area contributed by atoms with Gasteiger partial charge in [0.1, 0.15) is 12.3 Å². The highest BCUT2D eigenvalue weighted by atomic mass is 35.5. The summed E-state index contributed by atoms with van der Waals surface area (Å²) < 4.78 is 0.968. The number of amides is 1. The van der Waals surface area contributed by atoms with Gasteiger partial charge in [0.2, 0.25) is 5.91 Å². The molecule has 1 aliphatic rings. The van der Waals surface area contributed by atoms with Crippen LogP contribution in [0.3, 0.4) is 0 Å². The van der Waals surface area contributed by atoms with Gasteiger partial charge in [0.15, 0.2) is 0 Å². The minimum absolute atomic E-state index is 0.138. The molecule has 144 valence electrons. The van der Waals surface area contributed by atoms with E-state index in [1.807, 2.05) is 24.3 Å². The number of primary amides is 1. The Hall–Kier alpha value is -1.69. The highest BCUT2D eigenvalue weighted by Gasteiger charge is 2.33. The Bertz CT molecular complexity index is 860. The summed E-state index contributed by atoms with van der Waals surface area (Å²) in [5.74, 6) is -0.264. The van der Waals surface area contributed by atoms with Gasteiger partial charge in [-0.15, -0.1) is 11.3 Å². The van der Waals surface area contributed by atoms with Gasteiger partial charge in [-0.05, 0) is 36.6 Å². The SMILES string of the molecule is CC[N+]1(C)CCc2c(sc(CC(=O)CCc3ccc(Cl)cc3)c2C(N)=O)C1. The standard InChI is InChI=1S/C21H25ClN2O2S/c1-3-24(2)11-10-17-19(13-24)27-18(20(17)21(23)26)12-16(25)9-6-14-4-7-15(22)8-5-14/h4-5,7-8H,3,6,9-13H2,1-2H3,(H-,23,26)/p+1. The second-order valence-corrected chi connectivity index (χ2v) is 9.20. The molecule has 0 aliphatic carbocycles. The number of nitrogens with zero attached hydrogens (tertiary/aromatic N) is 1. The maximum absolute atomic E-state index is 12.5. The van der Waals surface area contributed by atoms with Crippen LogP contribution in [0.5, 0.6) is 0 Å². The molecule has 27 heavy (non-hydrogen) atoms. The summed E-state index contributed by atoms with van der Waals surface area (Å²) >= 11 is 7.50. The van der Waals surface area contributed by atoms with Crippen LogP contribution < -0.4 is 5.73 Å². The number of carbonyl (C=O) groups is 2. The topological polar surface area (TPSA) is 60.2 Å². The number of fused-ring (bicyclic) bond motifs is 1. The number of likely N-dealkylation sites (N-methyl/N-ethyl adjacent to an activating group) is 1. The van der Waals surface area contributed by atoms with E-state index in [2.05, 4.69) is 14.0 Å². The largest absolute Gasteiger partial charge is 0.366 e. The zero-order valence-electron chi connectivity index (χ0n) is 15.9. The molecule has 1 aromatic carbocycles. The summed E-state index contributed by atoms with van der Waals surface area (Å²) in [5.41, 5.74) is 8.45. The predicted molar refractivity (Wildman–Crippen MR) is 110 cm³/mol. The Kier molecular flexibility index (Phi) is 6.04. The average Bonchev–Trinajstić information content (AvgIpc) is 2.98.